The van der Waals surface area contributed by atoms with E-state index in [1.165, 1.54) is 5.56 Å². The zero-order valence-electron chi connectivity index (χ0n) is 13.6. The van der Waals surface area contributed by atoms with Crippen molar-refractivity contribution >= 4 is 5.97 Å². The molecule has 0 spiro atoms. The van der Waals surface area contributed by atoms with E-state index in [1.807, 2.05) is 42.5 Å². The van der Waals surface area contributed by atoms with Gasteiger partial charge in [-0.15, -0.1) is 0 Å². The van der Waals surface area contributed by atoms with Crippen LogP contribution in [-0.4, -0.2) is 24.3 Å². The van der Waals surface area contributed by atoms with E-state index in [0.29, 0.717) is 13.2 Å². The number of hydrogen-bond donors (Lipinski definition) is 1. The van der Waals surface area contributed by atoms with E-state index in [9.17, 15) is 4.79 Å². The molecule has 0 saturated heterocycles. The highest BCUT2D eigenvalue weighted by Crippen LogP contribution is 2.37. The van der Waals surface area contributed by atoms with Crippen LogP contribution in [0.3, 0.4) is 0 Å². The summed E-state index contributed by atoms with van der Waals surface area (Å²) in [5, 5.41) is 8.97. The van der Waals surface area contributed by atoms with Gasteiger partial charge in [-0.05, 0) is 54.2 Å². The van der Waals surface area contributed by atoms with Gasteiger partial charge in [0.1, 0.15) is 11.5 Å². The summed E-state index contributed by atoms with van der Waals surface area (Å²) in [4.78, 5) is 10.9. The van der Waals surface area contributed by atoms with Gasteiger partial charge in [0, 0.05) is 6.42 Å². The van der Waals surface area contributed by atoms with E-state index < -0.39 is 5.97 Å². The first kappa shape index (κ1) is 16.4. The van der Waals surface area contributed by atoms with E-state index in [2.05, 4.69) is 6.07 Å². The van der Waals surface area contributed by atoms with Gasteiger partial charge < -0.3 is 14.6 Å². The smallest absolute Gasteiger partial charge is 0.303 e. The average molecular weight is 326 g/mol. The van der Waals surface area contributed by atoms with Crippen molar-refractivity contribution in [3.63, 3.8) is 0 Å². The van der Waals surface area contributed by atoms with Gasteiger partial charge in [-0.25, -0.2) is 0 Å². The molecular formula is C20H22O4. The number of rotatable bonds is 8. The van der Waals surface area contributed by atoms with Crippen LogP contribution in [0.5, 0.6) is 11.5 Å². The molecule has 0 radical (unpaired) electrons. The van der Waals surface area contributed by atoms with Crippen molar-refractivity contribution in [2.45, 2.75) is 31.6 Å². The Morgan fingerprint density at radius 3 is 2.54 bits per heavy atom. The largest absolute Gasteiger partial charge is 0.493 e. The molecule has 0 aliphatic heterocycles. The fraction of sp³-hybridized carbons (Fsp3) is 0.350. The Bertz CT molecular complexity index is 681. The minimum atomic E-state index is -0.730. The zero-order valence-corrected chi connectivity index (χ0v) is 13.6. The fourth-order valence-corrected chi connectivity index (χ4v) is 3.15. The number of hydrogen-bond acceptors (Lipinski definition) is 3. The van der Waals surface area contributed by atoms with Crippen LogP contribution >= 0.6 is 0 Å². The molecule has 3 rings (SSSR count). The van der Waals surface area contributed by atoms with Crippen molar-refractivity contribution in [3.8, 4) is 11.5 Å². The monoisotopic (exact) mass is 326 g/mol. The molecule has 24 heavy (non-hydrogen) atoms. The second kappa shape index (κ2) is 7.86. The number of fused-ring (bicyclic) bond motifs is 1. The Balaban J connectivity index is 1.44. The van der Waals surface area contributed by atoms with Crippen LogP contribution < -0.4 is 9.47 Å². The van der Waals surface area contributed by atoms with Crippen LogP contribution in [0, 0.1) is 0 Å². The molecule has 4 heteroatoms. The molecule has 126 valence electrons. The third kappa shape index (κ3) is 4.28. The first-order valence-electron chi connectivity index (χ1n) is 8.37. The van der Waals surface area contributed by atoms with Crippen molar-refractivity contribution in [1.82, 2.24) is 0 Å². The van der Waals surface area contributed by atoms with Gasteiger partial charge in [0.15, 0.2) is 0 Å². The normalized spacial score (nSPS) is 15.8. The third-order valence-electron chi connectivity index (χ3n) is 4.31. The SMILES string of the molecule is O=C(O)C[C@@H]1CCc2cc(OCCCOc3ccccc3)ccc21. The van der Waals surface area contributed by atoms with Crippen LogP contribution in [0.2, 0.25) is 0 Å². The number of benzene rings is 2. The lowest BCUT2D eigenvalue weighted by Gasteiger charge is -2.11. The molecule has 1 N–H and O–H groups in total. The number of carbonyl (C=O) groups is 1. The summed E-state index contributed by atoms with van der Waals surface area (Å²) in [6, 6.07) is 15.8. The van der Waals surface area contributed by atoms with Crippen LogP contribution in [0.1, 0.15) is 36.3 Å². The number of carboxylic acid groups (broad SMARTS) is 1. The molecule has 1 aliphatic carbocycles. The van der Waals surface area contributed by atoms with Crippen LogP contribution in [0.15, 0.2) is 48.5 Å². The zero-order chi connectivity index (χ0) is 16.8. The molecule has 0 bridgehead atoms. The predicted octanol–water partition coefficient (Wildman–Crippen LogP) is 4.04. The van der Waals surface area contributed by atoms with Crippen molar-refractivity contribution in [3.05, 3.63) is 59.7 Å². The number of aryl methyl sites for hydroxylation is 1. The van der Waals surface area contributed by atoms with E-state index >= 15 is 0 Å². The topological polar surface area (TPSA) is 55.8 Å². The lowest BCUT2D eigenvalue weighted by molar-refractivity contribution is -0.137. The molecule has 0 amide bonds. The molecule has 2 aromatic rings. The summed E-state index contributed by atoms with van der Waals surface area (Å²) in [5.74, 6) is 1.14. The predicted molar refractivity (Wildman–Crippen MR) is 91.8 cm³/mol. The maximum atomic E-state index is 10.9. The standard InChI is InChI=1S/C20H22O4/c21-20(22)14-16-8-7-15-13-18(9-10-19(15)16)24-12-4-11-23-17-5-2-1-3-6-17/h1-3,5-6,9-10,13,16H,4,7-8,11-12,14H2,(H,21,22)/t16-/m0/s1. The van der Waals surface area contributed by atoms with Crippen molar-refractivity contribution in [1.29, 1.82) is 0 Å². The van der Waals surface area contributed by atoms with Gasteiger partial charge >= 0.3 is 5.97 Å². The summed E-state index contributed by atoms with van der Waals surface area (Å²) < 4.78 is 11.4. The van der Waals surface area contributed by atoms with Gasteiger partial charge in [0.25, 0.3) is 0 Å². The number of ether oxygens (including phenoxy) is 2. The molecule has 1 atom stereocenters. The third-order valence-corrected chi connectivity index (χ3v) is 4.31. The highest BCUT2D eigenvalue weighted by molar-refractivity contribution is 5.68. The molecule has 2 aromatic carbocycles. The molecule has 0 aromatic heterocycles. The highest BCUT2D eigenvalue weighted by atomic mass is 16.5. The number of carboxylic acids is 1. The van der Waals surface area contributed by atoms with E-state index in [-0.39, 0.29) is 12.3 Å². The highest BCUT2D eigenvalue weighted by Gasteiger charge is 2.24. The molecule has 4 nitrogen and oxygen atoms in total. The van der Waals surface area contributed by atoms with E-state index in [1.54, 1.807) is 0 Å². The van der Waals surface area contributed by atoms with Crippen LogP contribution in [0.4, 0.5) is 0 Å². The van der Waals surface area contributed by atoms with Gasteiger partial charge in [-0.3, -0.25) is 4.79 Å². The molecule has 0 heterocycles. The minimum Gasteiger partial charge on any atom is -0.493 e. The number of para-hydroxylation sites is 1. The van der Waals surface area contributed by atoms with Gasteiger partial charge in [0.2, 0.25) is 0 Å². The second-order valence-corrected chi connectivity index (χ2v) is 6.06. The second-order valence-electron chi connectivity index (χ2n) is 6.06. The quantitative estimate of drug-likeness (QED) is 0.744. The fourth-order valence-electron chi connectivity index (χ4n) is 3.15. The molecule has 0 unspecified atom stereocenters. The maximum Gasteiger partial charge on any atom is 0.303 e. The Kier molecular flexibility index (Phi) is 5.36. The Labute approximate surface area is 142 Å². The summed E-state index contributed by atoms with van der Waals surface area (Å²) >= 11 is 0. The summed E-state index contributed by atoms with van der Waals surface area (Å²) in [5.41, 5.74) is 2.39. The van der Waals surface area contributed by atoms with Gasteiger partial charge in [-0.1, -0.05) is 24.3 Å². The lowest BCUT2D eigenvalue weighted by atomic mass is 9.98. The lowest BCUT2D eigenvalue weighted by Crippen LogP contribution is -2.05. The van der Waals surface area contributed by atoms with E-state index in [4.69, 9.17) is 14.6 Å². The van der Waals surface area contributed by atoms with Crippen molar-refractivity contribution in [2.75, 3.05) is 13.2 Å². The van der Waals surface area contributed by atoms with E-state index in [0.717, 1.165) is 36.3 Å². The molecule has 0 saturated carbocycles. The summed E-state index contributed by atoms with van der Waals surface area (Å²) in [7, 11) is 0. The minimum absolute atomic E-state index is 0.144. The molecular weight excluding hydrogens is 304 g/mol. The van der Waals surface area contributed by atoms with Gasteiger partial charge in [0.05, 0.1) is 19.6 Å². The summed E-state index contributed by atoms with van der Waals surface area (Å²) in [6.07, 6.45) is 2.87. The number of aliphatic carboxylic acids is 1. The van der Waals surface area contributed by atoms with Crippen LogP contribution in [-0.2, 0) is 11.2 Å². The first-order chi connectivity index (χ1) is 11.7. The summed E-state index contributed by atoms with van der Waals surface area (Å²) in [6.45, 7) is 1.22. The van der Waals surface area contributed by atoms with Crippen molar-refractivity contribution in [2.24, 2.45) is 0 Å². The Morgan fingerprint density at radius 2 is 1.79 bits per heavy atom. The maximum absolute atomic E-state index is 10.9. The Morgan fingerprint density at radius 1 is 1.04 bits per heavy atom. The average Bonchev–Trinajstić information content (AvgIpc) is 2.97. The first-order valence-corrected chi connectivity index (χ1v) is 8.37. The van der Waals surface area contributed by atoms with Crippen LogP contribution in [0.25, 0.3) is 0 Å². The molecule has 0 fully saturated rings. The van der Waals surface area contributed by atoms with Gasteiger partial charge in [-0.2, -0.15) is 0 Å². The molecule has 1 aliphatic rings. The Hall–Kier alpha value is -2.49. The van der Waals surface area contributed by atoms with Crippen molar-refractivity contribution < 1.29 is 19.4 Å².